The lowest BCUT2D eigenvalue weighted by atomic mass is 10.2. The van der Waals surface area contributed by atoms with Crippen molar-refractivity contribution in [2.45, 2.75) is 25.5 Å². The van der Waals surface area contributed by atoms with Crippen molar-refractivity contribution in [2.24, 2.45) is 0 Å². The Morgan fingerprint density at radius 1 is 1.48 bits per heavy atom. The average molecular weight is 293 g/mol. The lowest BCUT2D eigenvalue weighted by Crippen LogP contribution is -2.41. The highest BCUT2D eigenvalue weighted by molar-refractivity contribution is 5.92. The summed E-state index contributed by atoms with van der Waals surface area (Å²) in [5.41, 5.74) is 0.314. The van der Waals surface area contributed by atoms with Gasteiger partial charge in [0.2, 0.25) is 0 Å². The van der Waals surface area contributed by atoms with Gasteiger partial charge in [-0.05, 0) is 39.6 Å². The number of aliphatic hydroxyl groups is 1. The number of amides is 1. The number of carbonyl (C=O) groups excluding carboxylic acids is 1. The molecule has 1 aromatic rings. The summed E-state index contributed by atoms with van der Waals surface area (Å²) in [6.07, 6.45) is 0.139. The average Bonchev–Trinajstić information content (AvgIpc) is 2.79. The van der Waals surface area contributed by atoms with E-state index >= 15 is 0 Å². The fourth-order valence-electron chi connectivity index (χ4n) is 2.60. The number of likely N-dealkylation sites (tertiary alicyclic amines) is 1. The minimum absolute atomic E-state index is 0.0118. The van der Waals surface area contributed by atoms with Crippen LogP contribution in [0.15, 0.2) is 12.1 Å². The van der Waals surface area contributed by atoms with E-state index in [9.17, 15) is 9.90 Å². The molecule has 1 aromatic heterocycles. The van der Waals surface area contributed by atoms with E-state index in [4.69, 9.17) is 0 Å². The highest BCUT2D eigenvalue weighted by Crippen LogP contribution is 2.20. The van der Waals surface area contributed by atoms with Crippen molar-refractivity contribution < 1.29 is 9.90 Å². The summed E-state index contributed by atoms with van der Waals surface area (Å²) in [6, 6.07) is 3.43. The van der Waals surface area contributed by atoms with E-state index in [2.05, 4.69) is 15.5 Å². The van der Waals surface area contributed by atoms with Crippen LogP contribution in [0, 0.1) is 0 Å². The Morgan fingerprint density at radius 2 is 2.24 bits per heavy atom. The summed E-state index contributed by atoms with van der Waals surface area (Å²) in [7, 11) is 3.91. The Hall–Kier alpha value is -1.73. The molecular formula is C14H23N5O2. The molecule has 0 spiro atoms. The topological polar surface area (TPSA) is 81.6 Å². The van der Waals surface area contributed by atoms with E-state index in [1.54, 1.807) is 17.0 Å². The maximum Gasteiger partial charge on any atom is 0.274 e. The molecule has 0 bridgehead atoms. The van der Waals surface area contributed by atoms with Gasteiger partial charge >= 0.3 is 0 Å². The lowest BCUT2D eigenvalue weighted by Gasteiger charge is -2.26. The Morgan fingerprint density at radius 3 is 2.81 bits per heavy atom. The van der Waals surface area contributed by atoms with Crippen molar-refractivity contribution in [2.75, 3.05) is 39.0 Å². The maximum absolute atomic E-state index is 12.5. The van der Waals surface area contributed by atoms with Crippen LogP contribution in [0.5, 0.6) is 0 Å². The summed E-state index contributed by atoms with van der Waals surface area (Å²) >= 11 is 0. The normalized spacial score (nSPS) is 21.9. The molecule has 1 saturated heterocycles. The first-order chi connectivity index (χ1) is 10.0. The van der Waals surface area contributed by atoms with Crippen LogP contribution in [0.1, 0.15) is 23.8 Å². The van der Waals surface area contributed by atoms with Crippen LogP contribution in [0.25, 0.3) is 0 Å². The van der Waals surface area contributed by atoms with E-state index in [0.29, 0.717) is 24.5 Å². The SMILES string of the molecule is CCNc1ccc(C(=O)N2CC(O)CC2CN(C)C)nn1. The number of rotatable bonds is 5. The van der Waals surface area contributed by atoms with E-state index < -0.39 is 6.10 Å². The number of nitrogens with one attached hydrogen (secondary N) is 1. The molecule has 7 heteroatoms. The molecule has 116 valence electrons. The zero-order chi connectivity index (χ0) is 15.4. The first-order valence-electron chi connectivity index (χ1n) is 7.22. The molecule has 2 heterocycles. The summed E-state index contributed by atoms with van der Waals surface area (Å²) in [6.45, 7) is 3.81. The molecule has 1 aliphatic rings. The molecule has 2 unspecified atom stereocenters. The van der Waals surface area contributed by atoms with E-state index in [1.165, 1.54) is 0 Å². The number of hydrogen-bond donors (Lipinski definition) is 2. The molecular weight excluding hydrogens is 270 g/mol. The van der Waals surface area contributed by atoms with Gasteiger partial charge in [0, 0.05) is 25.7 Å². The molecule has 2 atom stereocenters. The zero-order valence-corrected chi connectivity index (χ0v) is 12.8. The van der Waals surface area contributed by atoms with Crippen LogP contribution in [-0.2, 0) is 0 Å². The molecule has 2 N–H and O–H groups in total. The number of likely N-dealkylation sites (N-methyl/N-ethyl adjacent to an activating group) is 1. The van der Waals surface area contributed by atoms with Crippen LogP contribution in [0.2, 0.25) is 0 Å². The van der Waals surface area contributed by atoms with Crippen molar-refractivity contribution in [3.8, 4) is 0 Å². The van der Waals surface area contributed by atoms with Crippen LogP contribution >= 0.6 is 0 Å². The van der Waals surface area contributed by atoms with Crippen LogP contribution < -0.4 is 5.32 Å². The standard InChI is InChI=1S/C14H23N5O2/c1-4-15-13-6-5-12(16-17-13)14(21)19-9-11(20)7-10(19)8-18(2)3/h5-6,10-11,20H,4,7-9H2,1-3H3,(H,15,17). The molecule has 1 fully saturated rings. The smallest absolute Gasteiger partial charge is 0.274 e. The Kier molecular flexibility index (Phi) is 5.08. The Labute approximate surface area is 125 Å². The molecule has 2 rings (SSSR count). The predicted molar refractivity (Wildman–Crippen MR) is 80.2 cm³/mol. The van der Waals surface area contributed by atoms with Crippen molar-refractivity contribution in [1.29, 1.82) is 0 Å². The minimum Gasteiger partial charge on any atom is -0.391 e. The third kappa shape index (κ3) is 3.89. The number of anilines is 1. The van der Waals surface area contributed by atoms with Crippen molar-refractivity contribution in [1.82, 2.24) is 20.0 Å². The molecule has 0 aromatic carbocycles. The number of hydrogen-bond acceptors (Lipinski definition) is 6. The monoisotopic (exact) mass is 293 g/mol. The first-order valence-corrected chi connectivity index (χ1v) is 7.22. The third-order valence-electron chi connectivity index (χ3n) is 3.47. The number of β-amino-alcohol motifs (C(OH)–C–C–N with tert-alkyl or cyclic N) is 1. The van der Waals surface area contributed by atoms with Gasteiger partial charge in [-0.1, -0.05) is 0 Å². The third-order valence-corrected chi connectivity index (χ3v) is 3.47. The largest absolute Gasteiger partial charge is 0.391 e. The number of aromatic nitrogens is 2. The summed E-state index contributed by atoms with van der Waals surface area (Å²) in [4.78, 5) is 16.2. The Balaban J connectivity index is 2.10. The minimum atomic E-state index is -0.465. The quantitative estimate of drug-likeness (QED) is 0.798. The van der Waals surface area contributed by atoms with E-state index in [1.807, 2.05) is 25.9 Å². The van der Waals surface area contributed by atoms with Gasteiger partial charge in [-0.3, -0.25) is 4.79 Å². The zero-order valence-electron chi connectivity index (χ0n) is 12.8. The van der Waals surface area contributed by atoms with Gasteiger partial charge in [0.25, 0.3) is 5.91 Å². The van der Waals surface area contributed by atoms with Crippen LogP contribution in [0.4, 0.5) is 5.82 Å². The van der Waals surface area contributed by atoms with Gasteiger partial charge in [-0.25, -0.2) is 0 Å². The first kappa shape index (κ1) is 15.7. The van der Waals surface area contributed by atoms with Gasteiger partial charge in [-0.2, -0.15) is 0 Å². The molecule has 1 aliphatic heterocycles. The number of aliphatic hydroxyl groups excluding tert-OH is 1. The highest BCUT2D eigenvalue weighted by atomic mass is 16.3. The molecule has 7 nitrogen and oxygen atoms in total. The maximum atomic E-state index is 12.5. The van der Waals surface area contributed by atoms with Crippen molar-refractivity contribution in [3.05, 3.63) is 17.8 Å². The predicted octanol–water partition coefficient (Wildman–Crippen LogP) is 0.0454. The molecule has 0 radical (unpaired) electrons. The highest BCUT2D eigenvalue weighted by Gasteiger charge is 2.35. The van der Waals surface area contributed by atoms with Crippen LogP contribution in [-0.4, -0.2) is 76.9 Å². The molecule has 1 amide bonds. The van der Waals surface area contributed by atoms with Crippen LogP contribution in [0.3, 0.4) is 0 Å². The second-order valence-electron chi connectivity index (χ2n) is 5.60. The lowest BCUT2D eigenvalue weighted by molar-refractivity contribution is 0.0692. The van der Waals surface area contributed by atoms with E-state index in [-0.39, 0.29) is 11.9 Å². The molecule has 21 heavy (non-hydrogen) atoms. The van der Waals surface area contributed by atoms with Crippen molar-refractivity contribution in [3.63, 3.8) is 0 Å². The van der Waals surface area contributed by atoms with Gasteiger partial charge < -0.3 is 20.2 Å². The fraction of sp³-hybridized carbons (Fsp3) is 0.643. The van der Waals surface area contributed by atoms with E-state index in [0.717, 1.165) is 13.1 Å². The number of nitrogens with zero attached hydrogens (tertiary/aromatic N) is 4. The molecule has 0 saturated carbocycles. The van der Waals surface area contributed by atoms with Gasteiger partial charge in [0.15, 0.2) is 5.69 Å². The second-order valence-corrected chi connectivity index (χ2v) is 5.60. The summed E-state index contributed by atoms with van der Waals surface area (Å²) in [5, 5.41) is 20.8. The Bertz CT molecular complexity index is 477. The van der Waals surface area contributed by atoms with Crippen molar-refractivity contribution >= 4 is 11.7 Å². The van der Waals surface area contributed by atoms with Gasteiger partial charge in [-0.15, -0.1) is 10.2 Å². The van der Waals surface area contributed by atoms with Gasteiger partial charge in [0.1, 0.15) is 5.82 Å². The number of carbonyl (C=O) groups is 1. The fourth-order valence-corrected chi connectivity index (χ4v) is 2.60. The molecule has 0 aliphatic carbocycles. The summed E-state index contributed by atoms with van der Waals surface area (Å²) < 4.78 is 0. The second kappa shape index (κ2) is 6.82. The summed E-state index contributed by atoms with van der Waals surface area (Å²) in [5.74, 6) is 0.481. The van der Waals surface area contributed by atoms with Gasteiger partial charge in [0.05, 0.1) is 6.10 Å².